The summed E-state index contributed by atoms with van der Waals surface area (Å²) in [7, 11) is 0. The summed E-state index contributed by atoms with van der Waals surface area (Å²) in [5, 5.41) is 10.2. The SMILES string of the molecule is O=C1C[C@@H](C(=O)Nc2ccccc2Cl)n2nc(-c3cccnc3)nc2N1. The lowest BCUT2D eigenvalue weighted by atomic mass is 10.1. The van der Waals surface area contributed by atoms with Gasteiger partial charge in [0.25, 0.3) is 0 Å². The van der Waals surface area contributed by atoms with Crippen LogP contribution in [-0.4, -0.2) is 31.6 Å². The first-order chi connectivity index (χ1) is 12.6. The number of fused-ring (bicyclic) bond motifs is 1. The fourth-order valence-electron chi connectivity index (χ4n) is 2.66. The molecule has 2 amide bonds. The smallest absolute Gasteiger partial charge is 0.249 e. The standard InChI is InChI=1S/C17H13ClN6O2/c18-11-5-1-2-6-12(11)20-16(26)13-8-14(25)21-17-22-15(23-24(13)17)10-4-3-7-19-9-10/h1-7,9,13H,8H2,(H,20,26)(H,21,22,23,25)/t13-/m0/s1. The largest absolute Gasteiger partial charge is 0.323 e. The predicted molar refractivity (Wildman–Crippen MR) is 95.6 cm³/mol. The molecule has 1 atom stereocenters. The van der Waals surface area contributed by atoms with Crippen molar-refractivity contribution >= 4 is 35.1 Å². The van der Waals surface area contributed by atoms with Gasteiger partial charge in [-0.2, -0.15) is 4.98 Å². The fraction of sp³-hybridized carbons (Fsp3) is 0.118. The average Bonchev–Trinajstić information content (AvgIpc) is 3.07. The van der Waals surface area contributed by atoms with Crippen molar-refractivity contribution in [3.63, 3.8) is 0 Å². The molecule has 0 radical (unpaired) electrons. The molecule has 0 bridgehead atoms. The topological polar surface area (TPSA) is 102 Å². The molecule has 8 nitrogen and oxygen atoms in total. The summed E-state index contributed by atoms with van der Waals surface area (Å²) in [5.74, 6) is -0.0935. The van der Waals surface area contributed by atoms with Crippen LogP contribution in [0, 0.1) is 0 Å². The summed E-state index contributed by atoms with van der Waals surface area (Å²) < 4.78 is 1.41. The molecule has 1 aliphatic rings. The van der Waals surface area contributed by atoms with E-state index in [0.29, 0.717) is 22.1 Å². The zero-order chi connectivity index (χ0) is 18.1. The summed E-state index contributed by atoms with van der Waals surface area (Å²) in [6.45, 7) is 0. The number of aromatic nitrogens is 4. The molecule has 26 heavy (non-hydrogen) atoms. The molecule has 1 aliphatic heterocycles. The van der Waals surface area contributed by atoms with Gasteiger partial charge in [-0.3, -0.25) is 19.9 Å². The van der Waals surface area contributed by atoms with E-state index in [1.165, 1.54) is 4.68 Å². The number of hydrogen-bond donors (Lipinski definition) is 2. The van der Waals surface area contributed by atoms with E-state index in [0.717, 1.165) is 0 Å². The molecule has 3 heterocycles. The molecule has 0 fully saturated rings. The van der Waals surface area contributed by atoms with E-state index in [9.17, 15) is 9.59 Å². The van der Waals surface area contributed by atoms with Gasteiger partial charge in [0, 0.05) is 18.0 Å². The highest BCUT2D eigenvalue weighted by Crippen LogP contribution is 2.28. The van der Waals surface area contributed by atoms with Gasteiger partial charge in [-0.15, -0.1) is 5.10 Å². The maximum absolute atomic E-state index is 12.7. The van der Waals surface area contributed by atoms with E-state index in [-0.39, 0.29) is 18.3 Å². The highest BCUT2D eigenvalue weighted by molar-refractivity contribution is 6.33. The van der Waals surface area contributed by atoms with Crippen LogP contribution < -0.4 is 10.6 Å². The Labute approximate surface area is 153 Å². The van der Waals surface area contributed by atoms with Gasteiger partial charge in [-0.05, 0) is 24.3 Å². The van der Waals surface area contributed by atoms with E-state index in [1.54, 1.807) is 48.8 Å². The number of amides is 2. The molecule has 0 spiro atoms. The number of hydrogen-bond acceptors (Lipinski definition) is 5. The lowest BCUT2D eigenvalue weighted by Gasteiger charge is -2.22. The Balaban J connectivity index is 1.66. The Hall–Kier alpha value is -3.26. The number of benzene rings is 1. The fourth-order valence-corrected chi connectivity index (χ4v) is 2.85. The molecule has 1 aromatic carbocycles. The van der Waals surface area contributed by atoms with Gasteiger partial charge in [-0.1, -0.05) is 23.7 Å². The molecule has 4 rings (SSSR count). The zero-order valence-corrected chi connectivity index (χ0v) is 14.1. The molecule has 9 heteroatoms. The van der Waals surface area contributed by atoms with Gasteiger partial charge < -0.3 is 5.32 Å². The highest BCUT2D eigenvalue weighted by Gasteiger charge is 2.33. The third-order valence-electron chi connectivity index (χ3n) is 3.91. The quantitative estimate of drug-likeness (QED) is 0.739. The van der Waals surface area contributed by atoms with Crippen molar-refractivity contribution in [2.24, 2.45) is 0 Å². The monoisotopic (exact) mass is 368 g/mol. The third-order valence-corrected chi connectivity index (χ3v) is 4.24. The van der Waals surface area contributed by atoms with Crippen molar-refractivity contribution in [1.82, 2.24) is 19.7 Å². The van der Waals surface area contributed by atoms with Crippen LogP contribution >= 0.6 is 11.6 Å². The van der Waals surface area contributed by atoms with Gasteiger partial charge in [0.15, 0.2) is 5.82 Å². The molecular formula is C17H13ClN6O2. The summed E-state index contributed by atoms with van der Waals surface area (Å²) >= 11 is 6.08. The van der Waals surface area contributed by atoms with E-state index in [4.69, 9.17) is 11.6 Å². The molecule has 130 valence electrons. The number of carbonyl (C=O) groups excluding carboxylic acids is 2. The minimum atomic E-state index is -0.826. The number of halogens is 1. The van der Waals surface area contributed by atoms with Crippen LogP contribution in [0.3, 0.4) is 0 Å². The molecule has 2 aromatic heterocycles. The van der Waals surface area contributed by atoms with Gasteiger partial charge in [0.2, 0.25) is 17.8 Å². The van der Waals surface area contributed by atoms with Crippen LogP contribution in [0.5, 0.6) is 0 Å². The lowest BCUT2D eigenvalue weighted by Crippen LogP contribution is -2.36. The maximum atomic E-state index is 12.7. The van der Waals surface area contributed by atoms with E-state index >= 15 is 0 Å². The van der Waals surface area contributed by atoms with Crippen LogP contribution in [0.2, 0.25) is 5.02 Å². The zero-order valence-electron chi connectivity index (χ0n) is 13.4. The van der Waals surface area contributed by atoms with Crippen molar-refractivity contribution in [1.29, 1.82) is 0 Å². The van der Waals surface area contributed by atoms with Crippen LogP contribution in [0.1, 0.15) is 12.5 Å². The molecule has 3 aromatic rings. The normalized spacial score (nSPS) is 15.9. The van der Waals surface area contributed by atoms with Crippen molar-refractivity contribution in [3.05, 3.63) is 53.8 Å². The molecule has 0 saturated heterocycles. The summed E-state index contributed by atoms with van der Waals surface area (Å²) in [6, 6.07) is 9.62. The number of rotatable bonds is 3. The van der Waals surface area contributed by atoms with Crippen molar-refractivity contribution in [2.45, 2.75) is 12.5 Å². The van der Waals surface area contributed by atoms with E-state index in [2.05, 4.69) is 25.7 Å². The third kappa shape index (κ3) is 3.02. The second-order valence-electron chi connectivity index (χ2n) is 5.68. The minimum Gasteiger partial charge on any atom is -0.323 e. The Bertz CT molecular complexity index is 988. The lowest BCUT2D eigenvalue weighted by molar-refractivity contribution is -0.125. The number of para-hydroxylation sites is 1. The number of nitrogens with one attached hydrogen (secondary N) is 2. The molecule has 0 saturated carbocycles. The Morgan fingerprint density at radius 3 is 2.88 bits per heavy atom. The summed E-state index contributed by atoms with van der Waals surface area (Å²) in [5.41, 5.74) is 1.16. The Kier molecular flexibility index (Phi) is 4.10. The molecule has 2 N–H and O–H groups in total. The number of nitrogens with zero attached hydrogens (tertiary/aromatic N) is 4. The van der Waals surface area contributed by atoms with Gasteiger partial charge in [-0.25, -0.2) is 4.68 Å². The first-order valence-corrected chi connectivity index (χ1v) is 8.22. The second-order valence-corrected chi connectivity index (χ2v) is 6.09. The molecule has 0 unspecified atom stereocenters. The predicted octanol–water partition coefficient (Wildman–Crippen LogP) is 2.52. The Morgan fingerprint density at radius 2 is 2.12 bits per heavy atom. The second kappa shape index (κ2) is 6.57. The van der Waals surface area contributed by atoms with E-state index < -0.39 is 11.9 Å². The van der Waals surface area contributed by atoms with Crippen molar-refractivity contribution in [2.75, 3.05) is 10.6 Å². The highest BCUT2D eigenvalue weighted by atomic mass is 35.5. The first kappa shape index (κ1) is 16.2. The Morgan fingerprint density at radius 1 is 1.27 bits per heavy atom. The van der Waals surface area contributed by atoms with Crippen molar-refractivity contribution < 1.29 is 9.59 Å². The number of pyridine rings is 1. The average molecular weight is 369 g/mol. The van der Waals surface area contributed by atoms with Crippen LogP contribution in [-0.2, 0) is 9.59 Å². The van der Waals surface area contributed by atoms with Crippen molar-refractivity contribution in [3.8, 4) is 11.4 Å². The van der Waals surface area contributed by atoms with Crippen LogP contribution in [0.4, 0.5) is 11.6 Å². The summed E-state index contributed by atoms with van der Waals surface area (Å²) in [6.07, 6.45) is 3.21. The van der Waals surface area contributed by atoms with Crippen LogP contribution in [0.15, 0.2) is 48.8 Å². The first-order valence-electron chi connectivity index (χ1n) is 7.84. The molecular weight excluding hydrogens is 356 g/mol. The minimum absolute atomic E-state index is 0.0425. The maximum Gasteiger partial charge on any atom is 0.249 e. The number of anilines is 2. The van der Waals surface area contributed by atoms with Gasteiger partial charge in [0.05, 0.1) is 17.1 Å². The van der Waals surface area contributed by atoms with Gasteiger partial charge >= 0.3 is 0 Å². The van der Waals surface area contributed by atoms with Gasteiger partial charge in [0.1, 0.15) is 6.04 Å². The van der Waals surface area contributed by atoms with E-state index in [1.807, 2.05) is 0 Å². The van der Waals surface area contributed by atoms with Crippen LogP contribution in [0.25, 0.3) is 11.4 Å². The number of carbonyl (C=O) groups is 2. The molecule has 0 aliphatic carbocycles. The summed E-state index contributed by atoms with van der Waals surface area (Å²) in [4.78, 5) is 33.1.